The molecule has 0 heterocycles. The van der Waals surface area contributed by atoms with Crippen molar-refractivity contribution in [3.8, 4) is 0 Å². The lowest BCUT2D eigenvalue weighted by molar-refractivity contribution is 0.656. The van der Waals surface area contributed by atoms with Crippen molar-refractivity contribution in [3.05, 3.63) is 13.2 Å². The second-order valence-electron chi connectivity index (χ2n) is 2.06. The quantitative estimate of drug-likeness (QED) is 0.399. The fourth-order valence-corrected chi connectivity index (χ4v) is 0.677. The summed E-state index contributed by atoms with van der Waals surface area (Å²) in [5.74, 6) is 0. The zero-order chi connectivity index (χ0) is 7.54. The molecule has 56 valence electrons. The van der Waals surface area contributed by atoms with Gasteiger partial charge in [-0.15, -0.1) is 13.2 Å². The normalized spacial score (nSPS) is 7.78. The van der Waals surface area contributed by atoms with Gasteiger partial charge in [0.05, 0.1) is 0 Å². The van der Waals surface area contributed by atoms with Gasteiger partial charge in [-0.25, -0.2) is 0 Å². The van der Waals surface area contributed by atoms with Crippen LogP contribution < -0.4 is 0 Å². The van der Waals surface area contributed by atoms with Crippen molar-refractivity contribution in [2.45, 2.75) is 46.0 Å². The molecule has 9 heavy (non-hydrogen) atoms. The minimum absolute atomic E-state index is 1.36. The molecule has 0 nitrogen and oxygen atoms in total. The topological polar surface area (TPSA) is 0 Å². The molecule has 0 bridgehead atoms. The van der Waals surface area contributed by atoms with Crippen molar-refractivity contribution in [2.75, 3.05) is 0 Å². The molecule has 0 rings (SSSR count). The molecule has 0 aromatic carbocycles. The second kappa shape index (κ2) is 15.6. The second-order valence-corrected chi connectivity index (χ2v) is 2.06. The van der Waals surface area contributed by atoms with E-state index in [1.807, 2.05) is 0 Å². The molecular formula is C9H20. The Hall–Kier alpha value is -0.260. The number of rotatable bonds is 4. The van der Waals surface area contributed by atoms with E-state index in [0.717, 1.165) is 0 Å². The fourth-order valence-electron chi connectivity index (χ4n) is 0.677. The monoisotopic (exact) mass is 128 g/mol. The van der Waals surface area contributed by atoms with Crippen LogP contribution >= 0.6 is 0 Å². The van der Waals surface area contributed by atoms with E-state index in [2.05, 4.69) is 27.0 Å². The molecule has 0 spiro atoms. The summed E-state index contributed by atoms with van der Waals surface area (Å²) in [6.07, 6.45) is 7.01. The zero-order valence-electron chi connectivity index (χ0n) is 6.95. The first-order valence-electron chi connectivity index (χ1n) is 3.91. The number of hydrogen-bond acceptors (Lipinski definition) is 0. The molecule has 0 aliphatic heterocycles. The minimum Gasteiger partial charge on any atom is -0.106 e. The van der Waals surface area contributed by atoms with E-state index in [1.54, 1.807) is 0 Å². The van der Waals surface area contributed by atoms with Crippen LogP contribution in [-0.4, -0.2) is 0 Å². The lowest BCUT2D eigenvalue weighted by Gasteiger charge is -1.90. The molecule has 0 N–H and O–H groups in total. The number of unbranched alkanes of at least 4 members (excludes halogenated alkanes) is 4. The van der Waals surface area contributed by atoms with Crippen molar-refractivity contribution in [1.82, 2.24) is 0 Å². The predicted octanol–water partition coefficient (Wildman–Crippen LogP) is 3.78. The van der Waals surface area contributed by atoms with E-state index in [-0.39, 0.29) is 0 Å². The third-order valence-corrected chi connectivity index (χ3v) is 1.21. The summed E-state index contributed by atoms with van der Waals surface area (Å²) in [6.45, 7) is 10.5. The maximum atomic E-state index is 3.00. The van der Waals surface area contributed by atoms with Gasteiger partial charge < -0.3 is 0 Å². The van der Waals surface area contributed by atoms with Crippen LogP contribution in [0, 0.1) is 0 Å². The molecule has 0 aromatic heterocycles. The van der Waals surface area contributed by atoms with Crippen molar-refractivity contribution in [1.29, 1.82) is 0 Å². The van der Waals surface area contributed by atoms with Crippen molar-refractivity contribution in [3.63, 3.8) is 0 Å². The van der Waals surface area contributed by atoms with E-state index in [0.29, 0.717) is 0 Å². The molecular weight excluding hydrogens is 108 g/mol. The molecule has 0 heteroatoms. The first kappa shape index (κ1) is 11.5. The molecule has 0 saturated carbocycles. The van der Waals surface area contributed by atoms with Gasteiger partial charge in [-0.05, 0) is 0 Å². The summed E-state index contributed by atoms with van der Waals surface area (Å²) in [6, 6.07) is 0. The molecule has 0 aromatic rings. The Morgan fingerprint density at radius 1 is 0.778 bits per heavy atom. The highest BCUT2D eigenvalue weighted by molar-refractivity contribution is 4.35. The minimum atomic E-state index is 1.36. The lowest BCUT2D eigenvalue weighted by atomic mass is 10.2. The highest BCUT2D eigenvalue weighted by Gasteiger charge is 1.80. The maximum absolute atomic E-state index is 3.00. The Kier molecular flexibility index (Phi) is 20.0. The summed E-state index contributed by atoms with van der Waals surface area (Å²) in [5, 5.41) is 0. The van der Waals surface area contributed by atoms with Crippen LogP contribution in [0.4, 0.5) is 0 Å². The molecule has 0 aliphatic rings. The van der Waals surface area contributed by atoms with Gasteiger partial charge in [-0.3, -0.25) is 0 Å². The molecule has 0 fully saturated rings. The number of hydrogen-bond donors (Lipinski definition) is 0. The van der Waals surface area contributed by atoms with E-state index in [1.165, 1.54) is 32.1 Å². The lowest BCUT2D eigenvalue weighted by Crippen LogP contribution is -1.70. The largest absolute Gasteiger partial charge is 0.106 e. The molecule has 0 saturated heterocycles. The van der Waals surface area contributed by atoms with Crippen LogP contribution in [0.15, 0.2) is 13.2 Å². The van der Waals surface area contributed by atoms with Gasteiger partial charge >= 0.3 is 0 Å². The van der Waals surface area contributed by atoms with Gasteiger partial charge in [0.25, 0.3) is 0 Å². The van der Waals surface area contributed by atoms with Crippen LogP contribution in [-0.2, 0) is 0 Å². The van der Waals surface area contributed by atoms with E-state index in [4.69, 9.17) is 0 Å². The molecule has 0 atom stereocenters. The Morgan fingerprint density at radius 2 is 1.11 bits per heavy atom. The summed E-state index contributed by atoms with van der Waals surface area (Å²) in [7, 11) is 0. The van der Waals surface area contributed by atoms with E-state index >= 15 is 0 Å². The average Bonchev–Trinajstić information content (AvgIpc) is 1.94. The van der Waals surface area contributed by atoms with Crippen LogP contribution in [0.25, 0.3) is 0 Å². The zero-order valence-corrected chi connectivity index (χ0v) is 6.95. The van der Waals surface area contributed by atoms with Gasteiger partial charge in [-0.1, -0.05) is 46.0 Å². The highest BCUT2D eigenvalue weighted by atomic mass is 13.9. The van der Waals surface area contributed by atoms with Crippen molar-refractivity contribution >= 4 is 0 Å². The molecule has 0 unspecified atom stereocenters. The predicted molar refractivity (Wildman–Crippen MR) is 45.7 cm³/mol. The summed E-state index contributed by atoms with van der Waals surface area (Å²) >= 11 is 0. The van der Waals surface area contributed by atoms with Gasteiger partial charge in [-0.2, -0.15) is 0 Å². The summed E-state index contributed by atoms with van der Waals surface area (Å²) in [5.41, 5.74) is 0. The van der Waals surface area contributed by atoms with Crippen LogP contribution in [0.5, 0.6) is 0 Å². The molecule has 0 aliphatic carbocycles. The Bertz CT molecular complexity index is 27.0. The van der Waals surface area contributed by atoms with E-state index < -0.39 is 0 Å². The molecule has 0 radical (unpaired) electrons. The fraction of sp³-hybridized carbons (Fsp3) is 0.778. The van der Waals surface area contributed by atoms with Gasteiger partial charge in [0.15, 0.2) is 0 Å². The van der Waals surface area contributed by atoms with Crippen molar-refractivity contribution in [2.24, 2.45) is 0 Å². The molecule has 0 amide bonds. The van der Waals surface area contributed by atoms with Crippen LogP contribution in [0.1, 0.15) is 46.0 Å². The van der Waals surface area contributed by atoms with Gasteiger partial charge in [0.2, 0.25) is 0 Å². The van der Waals surface area contributed by atoms with Gasteiger partial charge in [0, 0.05) is 0 Å². The van der Waals surface area contributed by atoms with Crippen LogP contribution in [0.3, 0.4) is 0 Å². The third kappa shape index (κ3) is 18.2. The Balaban J connectivity index is 0. The van der Waals surface area contributed by atoms with E-state index in [9.17, 15) is 0 Å². The van der Waals surface area contributed by atoms with Crippen LogP contribution in [0.2, 0.25) is 0 Å². The Morgan fingerprint density at radius 3 is 1.33 bits per heavy atom. The summed E-state index contributed by atoms with van der Waals surface area (Å²) in [4.78, 5) is 0. The Labute approximate surface area is 60.0 Å². The highest BCUT2D eigenvalue weighted by Crippen LogP contribution is 2.00. The van der Waals surface area contributed by atoms with Gasteiger partial charge in [0.1, 0.15) is 0 Å². The van der Waals surface area contributed by atoms with Crippen molar-refractivity contribution < 1.29 is 0 Å². The average molecular weight is 128 g/mol. The first-order valence-corrected chi connectivity index (χ1v) is 3.91. The third-order valence-electron chi connectivity index (χ3n) is 1.21. The standard InChI is InChI=1S/C7H16.C2H4/c1-3-5-7-6-4-2;1-2/h3-7H2,1-2H3;1-2H2. The maximum Gasteiger partial charge on any atom is -0.0533 e. The SMILES string of the molecule is C=C.CCCCCCC. The first-order chi connectivity index (χ1) is 4.41. The summed E-state index contributed by atoms with van der Waals surface area (Å²) < 4.78 is 0. The smallest absolute Gasteiger partial charge is 0.0533 e.